The number of amides is 3. The average Bonchev–Trinajstić information content (AvgIpc) is 2.85. The van der Waals surface area contributed by atoms with Crippen LogP contribution in [0, 0.1) is 0 Å². The number of carbonyl (C=O) groups excluding carboxylic acids is 7. The third-order valence-electron chi connectivity index (χ3n) is 5.15. The van der Waals surface area contributed by atoms with Gasteiger partial charge in [0, 0.05) is 31.5 Å². The number of anilines is 1. The van der Waals surface area contributed by atoms with Crippen LogP contribution in [0.4, 0.5) is 5.69 Å². The number of nitrogens with one attached hydrogen (secondary N) is 2. The van der Waals surface area contributed by atoms with Gasteiger partial charge in [0.15, 0.2) is 11.6 Å². The van der Waals surface area contributed by atoms with Gasteiger partial charge in [-0.1, -0.05) is 40.6 Å². The van der Waals surface area contributed by atoms with Gasteiger partial charge >= 0.3 is 0 Å². The van der Waals surface area contributed by atoms with E-state index in [1.807, 2.05) is 0 Å². The Labute approximate surface area is 229 Å². The highest BCUT2D eigenvalue weighted by molar-refractivity contribution is 8.78. The Morgan fingerprint density at radius 3 is 2.16 bits per heavy atom. The van der Waals surface area contributed by atoms with E-state index >= 15 is 0 Å². The van der Waals surface area contributed by atoms with Crippen LogP contribution in [0.5, 0.6) is 0 Å². The van der Waals surface area contributed by atoms with Crippen molar-refractivity contribution in [3.05, 3.63) is 29.8 Å². The van der Waals surface area contributed by atoms with Crippen molar-refractivity contribution in [1.29, 1.82) is 0 Å². The van der Waals surface area contributed by atoms with E-state index in [2.05, 4.69) is 10.6 Å². The molecule has 0 bridgehead atoms. The molecule has 38 heavy (non-hydrogen) atoms. The number of primary amides is 1. The number of benzene rings is 1. The molecule has 0 aromatic heterocycles. The molecule has 0 saturated heterocycles. The Hall–Kier alpha value is -3.03. The van der Waals surface area contributed by atoms with Gasteiger partial charge in [-0.15, -0.1) is 0 Å². The van der Waals surface area contributed by atoms with Crippen LogP contribution in [0.1, 0.15) is 45.6 Å². The number of Topliss-reactive ketones (excluding diaryl/α,β-unsaturated/α-hetero) is 4. The van der Waals surface area contributed by atoms with Crippen LogP contribution < -0.4 is 16.4 Å². The normalized spacial score (nSPS) is 12.2. The quantitative estimate of drug-likeness (QED) is 0.163. The third-order valence-corrected chi connectivity index (χ3v) is 8.21. The van der Waals surface area contributed by atoms with E-state index in [0.717, 1.165) is 23.3 Å². The molecule has 1 unspecified atom stereocenters. The molecule has 0 heterocycles. The summed E-state index contributed by atoms with van der Waals surface area (Å²) in [6.07, 6.45) is 1.50. The van der Waals surface area contributed by atoms with Crippen LogP contribution in [0.2, 0.25) is 0 Å². The van der Waals surface area contributed by atoms with E-state index in [9.17, 15) is 33.6 Å². The van der Waals surface area contributed by atoms with E-state index in [4.69, 9.17) is 10.5 Å². The van der Waals surface area contributed by atoms with Gasteiger partial charge < -0.3 is 21.1 Å². The zero-order chi connectivity index (χ0) is 28.7. The third kappa shape index (κ3) is 11.2. The molecule has 1 aromatic rings. The topological polar surface area (TPSA) is 179 Å². The van der Waals surface area contributed by atoms with Gasteiger partial charge in [-0.2, -0.15) is 0 Å². The number of nitrogens with two attached hydrogens (primary N) is 1. The van der Waals surface area contributed by atoms with Gasteiger partial charge in [0.1, 0.15) is 24.8 Å². The maximum absolute atomic E-state index is 12.7. The first kappa shape index (κ1) is 33.0. The fourth-order valence-electron chi connectivity index (χ4n) is 3.01. The lowest BCUT2D eigenvalue weighted by molar-refractivity contribution is -0.139. The molecule has 0 radical (unpaired) electrons. The lowest BCUT2D eigenvalue weighted by Crippen LogP contribution is -2.54. The standard InChI is InChI=1S/C25H33N3O8S2/c1-4-20(31)11-12-27-22(33)10-7-18-5-8-19(9-6-18)28-23(34)14-36-13-21(32)25(17(3)30,24(26)35)38-37-15-16(2)29/h5-6,8-9H,4,7,10-15H2,1-3H3,(H2,26,35)(H,27,33)(H,28,34). The number of ether oxygens (including phenoxy) is 1. The molecule has 3 amide bonds. The molecule has 4 N–H and O–H groups in total. The molecule has 208 valence electrons. The van der Waals surface area contributed by atoms with Crippen molar-refractivity contribution in [1.82, 2.24) is 5.32 Å². The van der Waals surface area contributed by atoms with Crippen LogP contribution in [0.25, 0.3) is 0 Å². The van der Waals surface area contributed by atoms with E-state index < -0.39 is 41.3 Å². The second-order valence-electron chi connectivity index (χ2n) is 8.30. The van der Waals surface area contributed by atoms with E-state index in [1.165, 1.54) is 6.92 Å². The lowest BCUT2D eigenvalue weighted by atomic mass is 9.98. The van der Waals surface area contributed by atoms with Gasteiger partial charge in [-0.05, 0) is 38.0 Å². The first-order chi connectivity index (χ1) is 17.9. The molecule has 1 aromatic carbocycles. The van der Waals surface area contributed by atoms with E-state index in [1.54, 1.807) is 31.2 Å². The summed E-state index contributed by atoms with van der Waals surface area (Å²) >= 11 is 0. The number of aryl methyl sites for hydroxylation is 1. The summed E-state index contributed by atoms with van der Waals surface area (Å²) in [7, 11) is 1.46. The minimum absolute atomic E-state index is 0.0310. The summed E-state index contributed by atoms with van der Waals surface area (Å²) in [5.74, 6) is -3.76. The maximum Gasteiger partial charge on any atom is 0.250 e. The fourth-order valence-corrected chi connectivity index (χ4v) is 5.84. The molecule has 1 rings (SSSR count). The molecular formula is C25H33N3O8S2. The molecule has 1 atom stereocenters. The van der Waals surface area contributed by atoms with Gasteiger partial charge in [-0.25, -0.2) is 0 Å². The molecule has 11 nitrogen and oxygen atoms in total. The zero-order valence-corrected chi connectivity index (χ0v) is 23.3. The lowest BCUT2D eigenvalue weighted by Gasteiger charge is -2.24. The number of carbonyl (C=O) groups is 7. The highest BCUT2D eigenvalue weighted by Gasteiger charge is 2.50. The summed E-state index contributed by atoms with van der Waals surface area (Å²) in [5.41, 5.74) is 6.68. The summed E-state index contributed by atoms with van der Waals surface area (Å²) in [4.78, 5) is 83.3. The highest BCUT2D eigenvalue weighted by Crippen LogP contribution is 2.38. The van der Waals surface area contributed by atoms with Crippen molar-refractivity contribution in [3.8, 4) is 0 Å². The maximum atomic E-state index is 12.7. The SMILES string of the molecule is CCC(=O)CCNC(=O)CCc1ccc(NC(=O)COCC(=O)C(SSCC(C)=O)(C(C)=O)C(N)=O)cc1. The number of ketones is 4. The summed E-state index contributed by atoms with van der Waals surface area (Å²) in [5, 5.41) is 5.29. The van der Waals surface area contributed by atoms with Crippen molar-refractivity contribution >= 4 is 68.1 Å². The van der Waals surface area contributed by atoms with Crippen LogP contribution >= 0.6 is 21.6 Å². The minimum atomic E-state index is -2.23. The Balaban J connectivity index is 2.52. The van der Waals surface area contributed by atoms with Crippen LogP contribution in [-0.2, 0) is 44.7 Å². The Bertz CT molecular complexity index is 1030. The van der Waals surface area contributed by atoms with Crippen LogP contribution in [0.15, 0.2) is 24.3 Å². The summed E-state index contributed by atoms with van der Waals surface area (Å²) in [6.45, 7) is 3.23. The molecule has 0 fully saturated rings. The predicted octanol–water partition coefficient (Wildman–Crippen LogP) is 1.41. The molecule has 13 heteroatoms. The van der Waals surface area contributed by atoms with E-state index in [-0.39, 0.29) is 29.6 Å². The number of hydrogen-bond donors (Lipinski definition) is 3. The molecular weight excluding hydrogens is 534 g/mol. The highest BCUT2D eigenvalue weighted by atomic mass is 33.1. The largest absolute Gasteiger partial charge is 0.368 e. The number of hydrogen-bond acceptors (Lipinski definition) is 10. The Morgan fingerprint density at radius 1 is 0.947 bits per heavy atom. The van der Waals surface area contributed by atoms with Crippen LogP contribution in [-0.4, -0.2) is 71.1 Å². The first-order valence-corrected chi connectivity index (χ1v) is 14.1. The Kier molecular flexibility index (Phi) is 14.5. The molecule has 0 aliphatic rings. The molecule has 0 saturated carbocycles. The molecule has 0 spiro atoms. The molecule has 0 aliphatic heterocycles. The van der Waals surface area contributed by atoms with Gasteiger partial charge in [0.25, 0.3) is 0 Å². The molecule has 0 aliphatic carbocycles. The number of rotatable bonds is 19. The van der Waals surface area contributed by atoms with Crippen molar-refractivity contribution in [2.75, 3.05) is 30.8 Å². The Morgan fingerprint density at radius 2 is 1.61 bits per heavy atom. The zero-order valence-electron chi connectivity index (χ0n) is 21.6. The van der Waals surface area contributed by atoms with Crippen molar-refractivity contribution < 1.29 is 38.3 Å². The van der Waals surface area contributed by atoms with E-state index in [0.29, 0.717) is 42.3 Å². The smallest absolute Gasteiger partial charge is 0.250 e. The summed E-state index contributed by atoms with van der Waals surface area (Å²) in [6, 6.07) is 6.79. The van der Waals surface area contributed by atoms with Crippen LogP contribution in [0.3, 0.4) is 0 Å². The first-order valence-electron chi connectivity index (χ1n) is 11.8. The predicted molar refractivity (Wildman–Crippen MR) is 145 cm³/mol. The fraction of sp³-hybridized carbons (Fsp3) is 0.480. The average molecular weight is 568 g/mol. The monoisotopic (exact) mass is 567 g/mol. The minimum Gasteiger partial charge on any atom is -0.368 e. The summed E-state index contributed by atoms with van der Waals surface area (Å²) < 4.78 is 2.90. The van der Waals surface area contributed by atoms with Gasteiger partial charge in [-0.3, -0.25) is 33.6 Å². The van der Waals surface area contributed by atoms with Crippen molar-refractivity contribution in [2.24, 2.45) is 5.73 Å². The van der Waals surface area contributed by atoms with Gasteiger partial charge in [0.2, 0.25) is 22.5 Å². The second kappa shape index (κ2) is 16.7. The van der Waals surface area contributed by atoms with Gasteiger partial charge in [0.05, 0.1) is 5.75 Å². The second-order valence-corrected chi connectivity index (χ2v) is 10.8. The van der Waals surface area contributed by atoms with Crippen molar-refractivity contribution in [3.63, 3.8) is 0 Å². The van der Waals surface area contributed by atoms with Crippen molar-refractivity contribution in [2.45, 2.75) is 51.2 Å².